The van der Waals surface area contributed by atoms with Gasteiger partial charge in [0.2, 0.25) is 5.78 Å². The van der Waals surface area contributed by atoms with Crippen molar-refractivity contribution in [2.75, 3.05) is 6.61 Å². The van der Waals surface area contributed by atoms with E-state index in [1.807, 2.05) is 13.0 Å². The van der Waals surface area contributed by atoms with Crippen LogP contribution in [0.5, 0.6) is 0 Å². The van der Waals surface area contributed by atoms with Crippen molar-refractivity contribution in [2.24, 2.45) is 28.6 Å². The third-order valence-corrected chi connectivity index (χ3v) is 9.63. The average Bonchev–Trinajstić information content (AvgIpc) is 3.25. The SMILES string of the molecule is CCCC1OC2CC3C4CCC5=CC(=O)C=CC5(C)C4C(O)CC3(C)C2(C(=O)COC(C)=O)O1. The summed E-state index contributed by atoms with van der Waals surface area (Å²) in [6.07, 6.45) is 8.04. The zero-order valence-corrected chi connectivity index (χ0v) is 20.5. The number of ketones is 2. The molecule has 4 fully saturated rings. The van der Waals surface area contributed by atoms with E-state index in [1.165, 1.54) is 6.92 Å². The summed E-state index contributed by atoms with van der Waals surface area (Å²) in [6.45, 7) is 7.18. The van der Waals surface area contributed by atoms with Gasteiger partial charge in [0.1, 0.15) is 0 Å². The molecular weight excluding hydrogens is 436 g/mol. The number of aliphatic hydroxyl groups excluding tert-OH is 1. The minimum atomic E-state index is -1.24. The van der Waals surface area contributed by atoms with Gasteiger partial charge in [0, 0.05) is 23.7 Å². The number of esters is 1. The van der Waals surface area contributed by atoms with Crippen molar-refractivity contribution >= 4 is 17.5 Å². The van der Waals surface area contributed by atoms with Crippen LogP contribution in [0.3, 0.4) is 0 Å². The Bertz CT molecular complexity index is 968. The fourth-order valence-electron chi connectivity index (χ4n) is 8.28. The number of hydrogen-bond acceptors (Lipinski definition) is 7. The Morgan fingerprint density at radius 2 is 2.06 bits per heavy atom. The van der Waals surface area contributed by atoms with Crippen LogP contribution in [0.25, 0.3) is 0 Å². The van der Waals surface area contributed by atoms with Crippen LogP contribution >= 0.6 is 0 Å². The quantitative estimate of drug-likeness (QED) is 0.613. The Morgan fingerprint density at radius 3 is 2.76 bits per heavy atom. The molecule has 1 heterocycles. The molecule has 186 valence electrons. The summed E-state index contributed by atoms with van der Waals surface area (Å²) in [4.78, 5) is 37.3. The smallest absolute Gasteiger partial charge is 0.303 e. The number of rotatable bonds is 5. The second kappa shape index (κ2) is 8.10. The lowest BCUT2D eigenvalue weighted by molar-refractivity contribution is -0.201. The van der Waals surface area contributed by atoms with Crippen molar-refractivity contribution in [2.45, 2.75) is 90.3 Å². The molecule has 5 aliphatic rings. The molecule has 0 bridgehead atoms. The highest BCUT2D eigenvalue weighted by Gasteiger charge is 2.75. The third-order valence-electron chi connectivity index (χ3n) is 9.63. The highest BCUT2D eigenvalue weighted by molar-refractivity contribution is 6.01. The lowest BCUT2D eigenvalue weighted by Crippen LogP contribution is -2.63. The third kappa shape index (κ3) is 3.16. The molecule has 0 aromatic carbocycles. The van der Waals surface area contributed by atoms with Crippen LogP contribution in [0, 0.1) is 28.6 Å². The van der Waals surface area contributed by atoms with Gasteiger partial charge in [0.05, 0.1) is 12.2 Å². The molecule has 0 spiro atoms. The standard InChI is InChI=1S/C27H36O7/c1-5-6-23-33-22-12-19-18-8-7-16-11-17(29)9-10-25(16,3)24(18)20(30)13-26(19,4)27(22,34-23)21(31)14-32-15(2)28/h9-11,18-20,22-24,30H,5-8,12-14H2,1-4H3. The topological polar surface area (TPSA) is 99.1 Å². The van der Waals surface area contributed by atoms with E-state index in [4.69, 9.17) is 14.2 Å². The van der Waals surface area contributed by atoms with Crippen LogP contribution in [0.4, 0.5) is 0 Å². The Kier molecular flexibility index (Phi) is 5.69. The maximum absolute atomic E-state index is 13.7. The molecule has 9 atom stereocenters. The van der Waals surface area contributed by atoms with Gasteiger partial charge < -0.3 is 19.3 Å². The van der Waals surface area contributed by atoms with Crippen molar-refractivity contribution in [3.8, 4) is 0 Å². The van der Waals surface area contributed by atoms with Gasteiger partial charge >= 0.3 is 5.97 Å². The van der Waals surface area contributed by atoms with E-state index in [0.717, 1.165) is 24.8 Å². The first-order valence-electron chi connectivity index (χ1n) is 12.7. The van der Waals surface area contributed by atoms with E-state index in [-0.39, 0.29) is 41.3 Å². The summed E-state index contributed by atoms with van der Waals surface area (Å²) in [5, 5.41) is 11.7. The first-order valence-corrected chi connectivity index (χ1v) is 12.7. The van der Waals surface area contributed by atoms with Crippen LogP contribution in [-0.2, 0) is 28.6 Å². The highest BCUT2D eigenvalue weighted by Crippen LogP contribution is 2.69. The molecule has 5 rings (SSSR count). The monoisotopic (exact) mass is 472 g/mol. The number of carbonyl (C=O) groups excluding carboxylic acids is 3. The van der Waals surface area contributed by atoms with Crippen LogP contribution in [0.1, 0.15) is 66.2 Å². The van der Waals surface area contributed by atoms with E-state index in [1.54, 1.807) is 12.2 Å². The van der Waals surface area contributed by atoms with Gasteiger partial charge in [-0.3, -0.25) is 14.4 Å². The molecule has 1 saturated heterocycles. The molecule has 1 N–H and O–H groups in total. The predicted octanol–water partition coefficient (Wildman–Crippen LogP) is 3.29. The van der Waals surface area contributed by atoms with Crippen LogP contribution < -0.4 is 0 Å². The van der Waals surface area contributed by atoms with Crippen LogP contribution in [-0.4, -0.2) is 53.3 Å². The highest BCUT2D eigenvalue weighted by atomic mass is 16.7. The van der Waals surface area contributed by atoms with E-state index in [0.29, 0.717) is 19.3 Å². The number of aliphatic hydroxyl groups is 1. The van der Waals surface area contributed by atoms with Crippen molar-refractivity contribution in [3.63, 3.8) is 0 Å². The van der Waals surface area contributed by atoms with E-state index >= 15 is 0 Å². The molecule has 3 saturated carbocycles. The Labute approximate surface area is 200 Å². The summed E-state index contributed by atoms with van der Waals surface area (Å²) >= 11 is 0. The molecule has 7 heteroatoms. The second-order valence-corrected chi connectivity index (χ2v) is 11.3. The average molecular weight is 473 g/mol. The van der Waals surface area contributed by atoms with Gasteiger partial charge in [0.15, 0.2) is 24.3 Å². The van der Waals surface area contributed by atoms with E-state index in [2.05, 4.69) is 13.8 Å². The normalized spacial score (nSPS) is 46.7. The minimum absolute atomic E-state index is 0.00949. The molecular formula is C27H36O7. The summed E-state index contributed by atoms with van der Waals surface area (Å²) in [5.74, 6) is -0.538. The van der Waals surface area contributed by atoms with Crippen molar-refractivity contribution in [1.82, 2.24) is 0 Å². The van der Waals surface area contributed by atoms with Gasteiger partial charge in [-0.2, -0.15) is 0 Å². The fourth-order valence-corrected chi connectivity index (χ4v) is 8.28. The zero-order chi connectivity index (χ0) is 24.5. The number of Topliss-reactive ketones (excluding diaryl/α,β-unsaturated/α-hetero) is 1. The summed E-state index contributed by atoms with van der Waals surface area (Å²) in [7, 11) is 0. The Balaban J connectivity index is 1.53. The largest absolute Gasteiger partial charge is 0.458 e. The van der Waals surface area contributed by atoms with Crippen LogP contribution in [0.15, 0.2) is 23.8 Å². The maximum atomic E-state index is 13.7. The van der Waals surface area contributed by atoms with E-state index < -0.39 is 35.5 Å². The number of carbonyl (C=O) groups is 3. The fraction of sp³-hybridized carbons (Fsp3) is 0.741. The van der Waals surface area contributed by atoms with Gasteiger partial charge in [-0.1, -0.05) is 38.8 Å². The summed E-state index contributed by atoms with van der Waals surface area (Å²) in [6, 6.07) is 0. The Morgan fingerprint density at radius 1 is 1.29 bits per heavy atom. The predicted molar refractivity (Wildman–Crippen MR) is 122 cm³/mol. The molecule has 9 unspecified atom stereocenters. The number of allylic oxidation sites excluding steroid dienone is 4. The number of hydrogen-bond donors (Lipinski definition) is 1. The van der Waals surface area contributed by atoms with Gasteiger partial charge in [-0.05, 0) is 56.1 Å². The van der Waals surface area contributed by atoms with Crippen molar-refractivity contribution < 1.29 is 33.7 Å². The molecule has 7 nitrogen and oxygen atoms in total. The number of ether oxygens (including phenoxy) is 3. The molecule has 0 amide bonds. The minimum Gasteiger partial charge on any atom is -0.458 e. The molecule has 1 aliphatic heterocycles. The Hall–Kier alpha value is -1.83. The first kappa shape index (κ1) is 23.9. The second-order valence-electron chi connectivity index (χ2n) is 11.3. The van der Waals surface area contributed by atoms with E-state index in [9.17, 15) is 19.5 Å². The number of fused-ring (bicyclic) bond motifs is 7. The summed E-state index contributed by atoms with van der Waals surface area (Å²) < 4.78 is 18.0. The zero-order valence-electron chi connectivity index (χ0n) is 20.5. The van der Waals surface area contributed by atoms with Crippen molar-refractivity contribution in [3.05, 3.63) is 23.8 Å². The first-order chi connectivity index (χ1) is 16.1. The lowest BCUT2D eigenvalue weighted by Gasteiger charge is -2.59. The molecule has 4 aliphatic carbocycles. The van der Waals surface area contributed by atoms with Gasteiger partial charge in [-0.25, -0.2) is 0 Å². The van der Waals surface area contributed by atoms with Crippen molar-refractivity contribution in [1.29, 1.82) is 0 Å². The van der Waals surface area contributed by atoms with Crippen LogP contribution in [0.2, 0.25) is 0 Å². The molecule has 0 aromatic rings. The lowest BCUT2D eigenvalue weighted by atomic mass is 9.46. The maximum Gasteiger partial charge on any atom is 0.303 e. The van der Waals surface area contributed by atoms with Gasteiger partial charge in [-0.15, -0.1) is 0 Å². The molecule has 0 radical (unpaired) electrons. The molecule has 34 heavy (non-hydrogen) atoms. The molecule has 0 aromatic heterocycles. The van der Waals surface area contributed by atoms with Gasteiger partial charge in [0.25, 0.3) is 0 Å². The summed E-state index contributed by atoms with van der Waals surface area (Å²) in [5.41, 5.74) is -1.17.